The van der Waals surface area contributed by atoms with Gasteiger partial charge in [-0.05, 0) is 49.7 Å². The van der Waals surface area contributed by atoms with Gasteiger partial charge in [0, 0.05) is 17.7 Å². The van der Waals surface area contributed by atoms with Crippen molar-refractivity contribution in [1.82, 2.24) is 4.98 Å². The van der Waals surface area contributed by atoms with Crippen molar-refractivity contribution in [2.75, 3.05) is 10.6 Å². The Morgan fingerprint density at radius 1 is 1.05 bits per heavy atom. The fraction of sp³-hybridized carbons (Fsp3) is 0.235. The number of hydrogen-bond donors (Lipinski definition) is 2. The van der Waals surface area contributed by atoms with Crippen LogP contribution in [0.3, 0.4) is 0 Å². The van der Waals surface area contributed by atoms with Crippen molar-refractivity contribution in [2.45, 2.75) is 26.7 Å². The Labute approximate surface area is 129 Å². The number of rotatable bonds is 6. The lowest BCUT2D eigenvalue weighted by Gasteiger charge is -2.08. The standard InChI is InChI=1S/C17H19N3O2/c1-3-4-17(22)20-16-10-9-15(11-18-16)19-14-7-5-13(6-8-14)12(2)21/h5-11,19H,3-4H2,1-2H3,(H,18,20,22). The van der Waals surface area contributed by atoms with E-state index in [9.17, 15) is 9.59 Å². The second-order valence-corrected chi connectivity index (χ2v) is 4.99. The molecule has 2 N–H and O–H groups in total. The van der Waals surface area contributed by atoms with E-state index in [-0.39, 0.29) is 11.7 Å². The first-order valence-corrected chi connectivity index (χ1v) is 7.22. The van der Waals surface area contributed by atoms with Crippen LogP contribution in [-0.4, -0.2) is 16.7 Å². The maximum Gasteiger partial charge on any atom is 0.225 e. The van der Waals surface area contributed by atoms with E-state index in [1.807, 2.05) is 25.1 Å². The summed E-state index contributed by atoms with van der Waals surface area (Å²) >= 11 is 0. The molecular formula is C17H19N3O2. The highest BCUT2D eigenvalue weighted by molar-refractivity contribution is 5.94. The van der Waals surface area contributed by atoms with Crippen LogP contribution in [0.2, 0.25) is 0 Å². The summed E-state index contributed by atoms with van der Waals surface area (Å²) in [5, 5.41) is 5.93. The average molecular weight is 297 g/mol. The SMILES string of the molecule is CCCC(=O)Nc1ccc(Nc2ccc(C(C)=O)cc2)cn1. The quantitative estimate of drug-likeness (QED) is 0.796. The first-order chi connectivity index (χ1) is 10.6. The Morgan fingerprint density at radius 2 is 1.73 bits per heavy atom. The number of amides is 1. The van der Waals surface area contributed by atoms with Gasteiger partial charge in [0.1, 0.15) is 5.82 Å². The van der Waals surface area contributed by atoms with Crippen LogP contribution in [0.15, 0.2) is 42.6 Å². The predicted molar refractivity (Wildman–Crippen MR) is 87.5 cm³/mol. The molecule has 0 bridgehead atoms. The van der Waals surface area contributed by atoms with Gasteiger partial charge >= 0.3 is 0 Å². The molecule has 22 heavy (non-hydrogen) atoms. The molecule has 0 unspecified atom stereocenters. The Hall–Kier alpha value is -2.69. The van der Waals surface area contributed by atoms with E-state index >= 15 is 0 Å². The van der Waals surface area contributed by atoms with Crippen LogP contribution >= 0.6 is 0 Å². The summed E-state index contributed by atoms with van der Waals surface area (Å²) in [7, 11) is 0. The number of nitrogens with one attached hydrogen (secondary N) is 2. The lowest BCUT2D eigenvalue weighted by atomic mass is 10.1. The predicted octanol–water partition coefficient (Wildman–Crippen LogP) is 3.77. The number of carbonyl (C=O) groups excluding carboxylic acids is 2. The number of anilines is 3. The molecule has 0 aliphatic carbocycles. The van der Waals surface area contributed by atoms with E-state index in [1.165, 1.54) is 6.92 Å². The summed E-state index contributed by atoms with van der Waals surface area (Å²) in [6, 6.07) is 10.8. The van der Waals surface area contributed by atoms with Crippen molar-refractivity contribution in [3.8, 4) is 0 Å². The van der Waals surface area contributed by atoms with Crippen LogP contribution in [0.5, 0.6) is 0 Å². The fourth-order valence-corrected chi connectivity index (χ4v) is 1.93. The minimum absolute atomic E-state index is 0.0319. The molecule has 5 heteroatoms. The van der Waals surface area contributed by atoms with Crippen LogP contribution in [0.25, 0.3) is 0 Å². The molecule has 0 saturated heterocycles. The third-order valence-corrected chi connectivity index (χ3v) is 3.09. The summed E-state index contributed by atoms with van der Waals surface area (Å²) in [5.74, 6) is 0.548. The van der Waals surface area contributed by atoms with Crippen molar-refractivity contribution in [3.05, 3.63) is 48.2 Å². The zero-order valence-corrected chi connectivity index (χ0v) is 12.7. The molecule has 0 spiro atoms. The molecule has 2 rings (SSSR count). The van der Waals surface area contributed by atoms with Crippen LogP contribution < -0.4 is 10.6 Å². The van der Waals surface area contributed by atoms with Crippen molar-refractivity contribution in [1.29, 1.82) is 0 Å². The molecule has 0 aliphatic rings. The Kier molecular flexibility index (Phi) is 5.25. The zero-order chi connectivity index (χ0) is 15.9. The summed E-state index contributed by atoms with van der Waals surface area (Å²) in [5.41, 5.74) is 2.36. The van der Waals surface area contributed by atoms with Crippen LogP contribution in [0.4, 0.5) is 17.2 Å². The number of ketones is 1. The van der Waals surface area contributed by atoms with Crippen molar-refractivity contribution < 1.29 is 9.59 Å². The van der Waals surface area contributed by atoms with Gasteiger partial charge in [-0.3, -0.25) is 9.59 Å². The van der Waals surface area contributed by atoms with Crippen molar-refractivity contribution >= 4 is 28.9 Å². The van der Waals surface area contributed by atoms with Crippen LogP contribution in [0, 0.1) is 0 Å². The van der Waals surface area contributed by atoms with Gasteiger partial charge in [0.25, 0.3) is 0 Å². The first kappa shape index (κ1) is 15.7. The van der Waals surface area contributed by atoms with Crippen LogP contribution in [-0.2, 0) is 4.79 Å². The average Bonchev–Trinajstić information content (AvgIpc) is 2.50. The molecule has 114 valence electrons. The molecular weight excluding hydrogens is 278 g/mol. The lowest BCUT2D eigenvalue weighted by molar-refractivity contribution is -0.116. The van der Waals surface area contributed by atoms with E-state index in [0.29, 0.717) is 17.8 Å². The molecule has 0 aliphatic heterocycles. The summed E-state index contributed by atoms with van der Waals surface area (Å²) in [4.78, 5) is 26.9. The first-order valence-electron chi connectivity index (χ1n) is 7.22. The maximum absolute atomic E-state index is 11.5. The molecule has 0 radical (unpaired) electrons. The molecule has 0 saturated carbocycles. The summed E-state index contributed by atoms with van der Waals surface area (Å²) in [6.07, 6.45) is 2.95. The van der Waals surface area contributed by atoms with Gasteiger partial charge < -0.3 is 10.6 Å². The molecule has 5 nitrogen and oxygen atoms in total. The van der Waals surface area contributed by atoms with Crippen LogP contribution in [0.1, 0.15) is 37.0 Å². The minimum Gasteiger partial charge on any atom is -0.354 e. The number of carbonyl (C=O) groups is 2. The number of pyridine rings is 1. The van der Waals surface area contributed by atoms with Gasteiger partial charge in [0.2, 0.25) is 5.91 Å². The normalized spacial score (nSPS) is 10.1. The Bertz CT molecular complexity index is 649. The molecule has 1 heterocycles. The van der Waals surface area contributed by atoms with E-state index in [0.717, 1.165) is 17.8 Å². The number of benzene rings is 1. The highest BCUT2D eigenvalue weighted by Gasteiger charge is 2.03. The number of hydrogen-bond acceptors (Lipinski definition) is 4. The topological polar surface area (TPSA) is 71.1 Å². The van der Waals surface area contributed by atoms with Crippen molar-refractivity contribution in [3.63, 3.8) is 0 Å². The molecule has 2 aromatic rings. The zero-order valence-electron chi connectivity index (χ0n) is 12.7. The minimum atomic E-state index is -0.0319. The third kappa shape index (κ3) is 4.41. The van der Waals surface area contributed by atoms with Gasteiger partial charge in [-0.2, -0.15) is 0 Å². The van der Waals surface area contributed by atoms with E-state index in [2.05, 4.69) is 15.6 Å². The fourth-order valence-electron chi connectivity index (χ4n) is 1.93. The van der Waals surface area contributed by atoms with E-state index in [1.54, 1.807) is 24.4 Å². The van der Waals surface area contributed by atoms with Gasteiger partial charge in [-0.25, -0.2) is 4.98 Å². The van der Waals surface area contributed by atoms with Gasteiger partial charge in [-0.1, -0.05) is 6.92 Å². The molecule has 0 atom stereocenters. The highest BCUT2D eigenvalue weighted by atomic mass is 16.1. The Balaban J connectivity index is 1.98. The second-order valence-electron chi connectivity index (χ2n) is 4.99. The smallest absolute Gasteiger partial charge is 0.225 e. The number of Topliss-reactive ketones (excluding diaryl/α,β-unsaturated/α-hetero) is 1. The number of aromatic nitrogens is 1. The number of nitrogens with zero attached hydrogens (tertiary/aromatic N) is 1. The largest absolute Gasteiger partial charge is 0.354 e. The highest BCUT2D eigenvalue weighted by Crippen LogP contribution is 2.18. The van der Waals surface area contributed by atoms with Gasteiger partial charge in [-0.15, -0.1) is 0 Å². The molecule has 1 aromatic heterocycles. The van der Waals surface area contributed by atoms with E-state index < -0.39 is 0 Å². The summed E-state index contributed by atoms with van der Waals surface area (Å²) in [6.45, 7) is 3.50. The van der Waals surface area contributed by atoms with Gasteiger partial charge in [0.15, 0.2) is 5.78 Å². The monoisotopic (exact) mass is 297 g/mol. The van der Waals surface area contributed by atoms with Crippen molar-refractivity contribution in [2.24, 2.45) is 0 Å². The summed E-state index contributed by atoms with van der Waals surface area (Å²) < 4.78 is 0. The molecule has 1 amide bonds. The van der Waals surface area contributed by atoms with Gasteiger partial charge in [0.05, 0.1) is 11.9 Å². The third-order valence-electron chi connectivity index (χ3n) is 3.09. The van der Waals surface area contributed by atoms with E-state index in [4.69, 9.17) is 0 Å². The molecule has 1 aromatic carbocycles. The maximum atomic E-state index is 11.5. The lowest BCUT2D eigenvalue weighted by Crippen LogP contribution is -2.11. The Morgan fingerprint density at radius 3 is 2.27 bits per heavy atom. The molecule has 0 fully saturated rings. The second kappa shape index (κ2) is 7.36.